The van der Waals surface area contributed by atoms with Crippen LogP contribution in [0, 0.1) is 13.8 Å². The molecule has 0 heterocycles. The zero-order chi connectivity index (χ0) is 15.2. The van der Waals surface area contributed by atoms with Crippen molar-refractivity contribution >= 4 is 11.6 Å². The predicted octanol–water partition coefficient (Wildman–Crippen LogP) is 3.88. The van der Waals surface area contributed by atoms with E-state index in [4.69, 9.17) is 4.74 Å². The fourth-order valence-corrected chi connectivity index (χ4v) is 2.14. The average Bonchev–Trinajstić information content (AvgIpc) is 2.45. The molecule has 21 heavy (non-hydrogen) atoms. The monoisotopic (exact) mass is 283 g/mol. The van der Waals surface area contributed by atoms with E-state index in [0.717, 1.165) is 5.56 Å². The molecule has 0 saturated carbocycles. The summed E-state index contributed by atoms with van der Waals surface area (Å²) in [7, 11) is 0. The Hall–Kier alpha value is -2.29. The van der Waals surface area contributed by atoms with E-state index in [1.54, 1.807) is 0 Å². The van der Waals surface area contributed by atoms with Crippen LogP contribution in [0.25, 0.3) is 0 Å². The van der Waals surface area contributed by atoms with Crippen LogP contribution in [0.5, 0.6) is 5.75 Å². The molecule has 0 fully saturated rings. The Kier molecular flexibility index (Phi) is 4.99. The number of carbonyl (C=O) groups is 1. The number of aryl methyl sites for hydroxylation is 2. The summed E-state index contributed by atoms with van der Waals surface area (Å²) in [4.78, 5) is 12.2. The standard InChI is InChI=1S/C18H21NO2/c1-4-21-17-8-6-5-7-16(17)19-18(20)12-15-10-9-13(2)14(3)11-15/h5-11H,4,12H2,1-3H3,(H,19,20). The van der Waals surface area contributed by atoms with E-state index >= 15 is 0 Å². The van der Waals surface area contributed by atoms with Gasteiger partial charge in [-0.15, -0.1) is 0 Å². The van der Waals surface area contributed by atoms with Gasteiger partial charge < -0.3 is 10.1 Å². The number of hydrogen-bond acceptors (Lipinski definition) is 2. The van der Waals surface area contributed by atoms with Crippen LogP contribution in [0.4, 0.5) is 5.69 Å². The molecule has 0 bridgehead atoms. The molecule has 0 spiro atoms. The Bertz CT molecular complexity index is 635. The van der Waals surface area contributed by atoms with Crippen molar-refractivity contribution in [3.05, 3.63) is 59.2 Å². The topological polar surface area (TPSA) is 38.3 Å². The Balaban J connectivity index is 2.06. The minimum Gasteiger partial charge on any atom is -0.492 e. The van der Waals surface area contributed by atoms with Gasteiger partial charge in [-0.3, -0.25) is 4.79 Å². The molecule has 0 aliphatic carbocycles. The highest BCUT2D eigenvalue weighted by Crippen LogP contribution is 2.23. The highest BCUT2D eigenvalue weighted by molar-refractivity contribution is 5.93. The lowest BCUT2D eigenvalue weighted by atomic mass is 10.0. The lowest BCUT2D eigenvalue weighted by Crippen LogP contribution is -2.15. The van der Waals surface area contributed by atoms with Gasteiger partial charge in [0, 0.05) is 0 Å². The number of para-hydroxylation sites is 2. The smallest absolute Gasteiger partial charge is 0.228 e. The molecule has 2 aromatic rings. The molecule has 3 nitrogen and oxygen atoms in total. The van der Waals surface area contributed by atoms with Gasteiger partial charge >= 0.3 is 0 Å². The average molecular weight is 283 g/mol. The van der Waals surface area contributed by atoms with Gasteiger partial charge in [-0.1, -0.05) is 30.3 Å². The maximum absolute atomic E-state index is 12.2. The largest absolute Gasteiger partial charge is 0.492 e. The zero-order valence-electron chi connectivity index (χ0n) is 12.8. The van der Waals surface area contributed by atoms with Crippen LogP contribution in [0.15, 0.2) is 42.5 Å². The van der Waals surface area contributed by atoms with Gasteiger partial charge in [0.1, 0.15) is 5.75 Å². The zero-order valence-corrected chi connectivity index (χ0v) is 12.8. The Labute approximate surface area is 126 Å². The van der Waals surface area contributed by atoms with Crippen molar-refractivity contribution < 1.29 is 9.53 Å². The maximum atomic E-state index is 12.2. The van der Waals surface area contributed by atoms with E-state index in [-0.39, 0.29) is 5.91 Å². The lowest BCUT2D eigenvalue weighted by Gasteiger charge is -2.11. The van der Waals surface area contributed by atoms with E-state index in [2.05, 4.69) is 25.2 Å². The highest BCUT2D eigenvalue weighted by Gasteiger charge is 2.08. The quantitative estimate of drug-likeness (QED) is 0.904. The van der Waals surface area contributed by atoms with E-state index in [9.17, 15) is 4.79 Å². The molecule has 3 heteroatoms. The first-order valence-electron chi connectivity index (χ1n) is 7.18. The number of amides is 1. The fourth-order valence-electron chi connectivity index (χ4n) is 2.14. The van der Waals surface area contributed by atoms with E-state index in [1.165, 1.54) is 11.1 Å². The molecule has 0 aliphatic heterocycles. The molecule has 0 aliphatic rings. The van der Waals surface area contributed by atoms with Gasteiger partial charge in [0.15, 0.2) is 0 Å². The second-order valence-electron chi connectivity index (χ2n) is 5.07. The Morgan fingerprint density at radius 3 is 2.57 bits per heavy atom. The van der Waals surface area contributed by atoms with Crippen LogP contribution in [0.2, 0.25) is 0 Å². The number of ether oxygens (including phenoxy) is 1. The molecule has 0 radical (unpaired) electrons. The molecule has 2 aromatic carbocycles. The summed E-state index contributed by atoms with van der Waals surface area (Å²) in [5.41, 5.74) is 4.17. The van der Waals surface area contributed by atoms with Gasteiger partial charge in [0.25, 0.3) is 0 Å². The molecule has 0 atom stereocenters. The van der Waals surface area contributed by atoms with E-state index in [1.807, 2.05) is 43.3 Å². The van der Waals surface area contributed by atoms with Gasteiger partial charge in [0.2, 0.25) is 5.91 Å². The van der Waals surface area contributed by atoms with Crippen LogP contribution >= 0.6 is 0 Å². The summed E-state index contributed by atoms with van der Waals surface area (Å²) in [6, 6.07) is 13.6. The first-order chi connectivity index (χ1) is 10.1. The normalized spacial score (nSPS) is 10.2. The van der Waals surface area contributed by atoms with Crippen molar-refractivity contribution in [2.24, 2.45) is 0 Å². The predicted molar refractivity (Wildman–Crippen MR) is 85.9 cm³/mol. The maximum Gasteiger partial charge on any atom is 0.228 e. The van der Waals surface area contributed by atoms with Crippen LogP contribution < -0.4 is 10.1 Å². The molecule has 2 rings (SSSR count). The fraction of sp³-hybridized carbons (Fsp3) is 0.278. The van der Waals surface area contributed by atoms with Crippen molar-refractivity contribution in [3.8, 4) is 5.75 Å². The van der Waals surface area contributed by atoms with Crippen LogP contribution in [-0.4, -0.2) is 12.5 Å². The second kappa shape index (κ2) is 6.93. The Morgan fingerprint density at radius 1 is 1.10 bits per heavy atom. The molecular weight excluding hydrogens is 262 g/mol. The molecule has 1 N–H and O–H groups in total. The number of nitrogens with one attached hydrogen (secondary N) is 1. The summed E-state index contributed by atoms with van der Waals surface area (Å²) in [5.74, 6) is 0.666. The Morgan fingerprint density at radius 2 is 1.86 bits per heavy atom. The summed E-state index contributed by atoms with van der Waals surface area (Å²) in [6.45, 7) is 6.62. The summed E-state index contributed by atoms with van der Waals surface area (Å²) >= 11 is 0. The minimum absolute atomic E-state index is 0.0367. The number of carbonyl (C=O) groups excluding carboxylic acids is 1. The first kappa shape index (κ1) is 15.1. The van der Waals surface area contributed by atoms with Crippen LogP contribution in [0.1, 0.15) is 23.6 Å². The van der Waals surface area contributed by atoms with Crippen molar-refractivity contribution in [1.29, 1.82) is 0 Å². The molecule has 110 valence electrons. The highest BCUT2D eigenvalue weighted by atomic mass is 16.5. The number of rotatable bonds is 5. The number of hydrogen-bond donors (Lipinski definition) is 1. The lowest BCUT2D eigenvalue weighted by molar-refractivity contribution is -0.115. The van der Waals surface area contributed by atoms with E-state index in [0.29, 0.717) is 24.5 Å². The van der Waals surface area contributed by atoms with Crippen molar-refractivity contribution in [3.63, 3.8) is 0 Å². The third-order valence-electron chi connectivity index (χ3n) is 3.40. The third-order valence-corrected chi connectivity index (χ3v) is 3.40. The van der Waals surface area contributed by atoms with Gasteiger partial charge in [-0.2, -0.15) is 0 Å². The minimum atomic E-state index is -0.0367. The molecule has 0 aromatic heterocycles. The molecular formula is C18H21NO2. The summed E-state index contributed by atoms with van der Waals surface area (Å²) < 4.78 is 5.51. The van der Waals surface area contributed by atoms with Crippen LogP contribution in [0.3, 0.4) is 0 Å². The SMILES string of the molecule is CCOc1ccccc1NC(=O)Cc1ccc(C)c(C)c1. The van der Waals surface area contributed by atoms with Gasteiger partial charge in [-0.05, 0) is 49.6 Å². The summed E-state index contributed by atoms with van der Waals surface area (Å²) in [5, 5.41) is 2.91. The van der Waals surface area contributed by atoms with Gasteiger partial charge in [0.05, 0.1) is 18.7 Å². The number of benzene rings is 2. The summed E-state index contributed by atoms with van der Waals surface area (Å²) in [6.07, 6.45) is 0.363. The van der Waals surface area contributed by atoms with Crippen molar-refractivity contribution in [2.75, 3.05) is 11.9 Å². The van der Waals surface area contributed by atoms with Gasteiger partial charge in [-0.25, -0.2) is 0 Å². The van der Waals surface area contributed by atoms with E-state index < -0.39 is 0 Å². The van der Waals surface area contributed by atoms with Crippen molar-refractivity contribution in [1.82, 2.24) is 0 Å². The van der Waals surface area contributed by atoms with Crippen LogP contribution in [-0.2, 0) is 11.2 Å². The van der Waals surface area contributed by atoms with Crippen molar-refractivity contribution in [2.45, 2.75) is 27.2 Å². The molecule has 0 saturated heterocycles. The molecule has 0 unspecified atom stereocenters. The first-order valence-corrected chi connectivity index (χ1v) is 7.18. The third kappa shape index (κ3) is 4.09. The second-order valence-corrected chi connectivity index (χ2v) is 5.07. The number of anilines is 1. The molecule has 1 amide bonds.